The minimum absolute atomic E-state index is 0.233. The van der Waals surface area contributed by atoms with Crippen LogP contribution in [0.4, 0.5) is 0 Å². The number of rotatable bonds is 4. The molecule has 1 atom stereocenters. The molecule has 1 fully saturated rings. The SMILES string of the molecule is C=C(C)C[C@@H](c1ccc(Cl)nc1Cl)N1CCNCC1. The molecular weight excluding hydrogens is 281 g/mol. The standard InChI is InChI=1S/C14H19Cl2N3/c1-10(2)9-12(19-7-5-17-6-8-19)11-3-4-13(15)18-14(11)16/h3-4,12,17H,1,5-9H2,2H3/t12-/m0/s1. The van der Waals surface area contributed by atoms with E-state index < -0.39 is 0 Å². The summed E-state index contributed by atoms with van der Waals surface area (Å²) in [5.74, 6) is 0. The van der Waals surface area contributed by atoms with Crippen LogP contribution in [0.25, 0.3) is 0 Å². The lowest BCUT2D eigenvalue weighted by atomic mass is 9.99. The summed E-state index contributed by atoms with van der Waals surface area (Å²) in [7, 11) is 0. The van der Waals surface area contributed by atoms with Gasteiger partial charge in [0.15, 0.2) is 0 Å². The van der Waals surface area contributed by atoms with E-state index in [0.717, 1.165) is 43.7 Å². The van der Waals surface area contributed by atoms with Crippen molar-refractivity contribution in [2.75, 3.05) is 26.2 Å². The van der Waals surface area contributed by atoms with E-state index in [1.165, 1.54) is 0 Å². The summed E-state index contributed by atoms with van der Waals surface area (Å²) in [6, 6.07) is 4.01. The maximum Gasteiger partial charge on any atom is 0.135 e. The predicted molar refractivity (Wildman–Crippen MR) is 80.9 cm³/mol. The Kier molecular flexibility index (Phi) is 5.22. The number of pyridine rings is 1. The number of hydrogen-bond acceptors (Lipinski definition) is 3. The number of halogens is 2. The van der Waals surface area contributed by atoms with E-state index in [2.05, 4.69) is 21.8 Å². The van der Waals surface area contributed by atoms with Crippen LogP contribution in [0.3, 0.4) is 0 Å². The lowest BCUT2D eigenvalue weighted by Gasteiger charge is -2.35. The first-order valence-electron chi connectivity index (χ1n) is 6.49. The molecule has 1 saturated heterocycles. The monoisotopic (exact) mass is 299 g/mol. The van der Waals surface area contributed by atoms with Crippen LogP contribution >= 0.6 is 23.2 Å². The summed E-state index contributed by atoms with van der Waals surface area (Å²) in [6.07, 6.45) is 0.892. The molecule has 0 aliphatic carbocycles. The van der Waals surface area contributed by atoms with Gasteiger partial charge in [-0.15, -0.1) is 6.58 Å². The van der Waals surface area contributed by atoms with Gasteiger partial charge in [0.2, 0.25) is 0 Å². The predicted octanol–water partition coefficient (Wildman–Crippen LogP) is 3.30. The Morgan fingerprint density at radius 1 is 1.42 bits per heavy atom. The number of aromatic nitrogens is 1. The summed E-state index contributed by atoms with van der Waals surface area (Å²) in [4.78, 5) is 6.59. The zero-order valence-electron chi connectivity index (χ0n) is 11.1. The van der Waals surface area contributed by atoms with Crippen LogP contribution in [0.5, 0.6) is 0 Å². The molecule has 1 aliphatic rings. The van der Waals surface area contributed by atoms with Crippen molar-refractivity contribution in [2.45, 2.75) is 19.4 Å². The lowest BCUT2D eigenvalue weighted by molar-refractivity contribution is 0.172. The van der Waals surface area contributed by atoms with Gasteiger partial charge in [0.1, 0.15) is 10.3 Å². The summed E-state index contributed by atoms with van der Waals surface area (Å²) in [6.45, 7) is 10.1. The van der Waals surface area contributed by atoms with Crippen LogP contribution in [0.1, 0.15) is 24.9 Å². The third-order valence-electron chi connectivity index (χ3n) is 3.34. The highest BCUT2D eigenvalue weighted by molar-refractivity contribution is 6.32. The van der Waals surface area contributed by atoms with Gasteiger partial charge in [-0.25, -0.2) is 4.98 Å². The van der Waals surface area contributed by atoms with Crippen molar-refractivity contribution in [1.29, 1.82) is 0 Å². The first-order chi connectivity index (χ1) is 9.08. The van der Waals surface area contributed by atoms with E-state index in [9.17, 15) is 0 Å². The molecular formula is C14H19Cl2N3. The molecule has 0 spiro atoms. The van der Waals surface area contributed by atoms with Crippen molar-refractivity contribution >= 4 is 23.2 Å². The molecule has 0 saturated carbocycles. The Morgan fingerprint density at radius 2 is 2.11 bits per heavy atom. The third kappa shape index (κ3) is 3.93. The number of nitrogens with zero attached hydrogens (tertiary/aromatic N) is 2. The van der Waals surface area contributed by atoms with Gasteiger partial charge in [0, 0.05) is 37.8 Å². The summed E-state index contributed by atoms with van der Waals surface area (Å²) >= 11 is 12.1. The molecule has 1 aliphatic heterocycles. The average molecular weight is 300 g/mol. The van der Waals surface area contributed by atoms with Crippen molar-refractivity contribution in [1.82, 2.24) is 15.2 Å². The highest BCUT2D eigenvalue weighted by Gasteiger charge is 2.24. The van der Waals surface area contributed by atoms with Crippen LogP contribution in [-0.2, 0) is 0 Å². The average Bonchev–Trinajstić information content (AvgIpc) is 2.37. The van der Waals surface area contributed by atoms with Crippen molar-refractivity contribution in [3.05, 3.63) is 40.2 Å². The minimum atomic E-state index is 0.233. The zero-order valence-corrected chi connectivity index (χ0v) is 12.6. The van der Waals surface area contributed by atoms with Crippen LogP contribution in [0, 0.1) is 0 Å². The number of nitrogens with one attached hydrogen (secondary N) is 1. The van der Waals surface area contributed by atoms with E-state index in [4.69, 9.17) is 23.2 Å². The molecule has 0 amide bonds. The second-order valence-corrected chi connectivity index (χ2v) is 5.72. The van der Waals surface area contributed by atoms with Gasteiger partial charge in [-0.1, -0.05) is 34.8 Å². The van der Waals surface area contributed by atoms with E-state index in [1.54, 1.807) is 6.07 Å². The van der Waals surface area contributed by atoms with Crippen molar-refractivity contribution in [3.63, 3.8) is 0 Å². The smallest absolute Gasteiger partial charge is 0.135 e. The Bertz CT molecular complexity index is 456. The normalized spacial score (nSPS) is 18.3. The molecule has 0 bridgehead atoms. The van der Waals surface area contributed by atoms with Crippen LogP contribution in [0.15, 0.2) is 24.3 Å². The van der Waals surface area contributed by atoms with E-state index >= 15 is 0 Å². The van der Waals surface area contributed by atoms with E-state index in [-0.39, 0.29) is 6.04 Å². The van der Waals surface area contributed by atoms with Gasteiger partial charge >= 0.3 is 0 Å². The fourth-order valence-electron chi connectivity index (χ4n) is 2.43. The Hall–Kier alpha value is -0.610. The number of hydrogen-bond donors (Lipinski definition) is 1. The van der Waals surface area contributed by atoms with Crippen molar-refractivity contribution < 1.29 is 0 Å². The summed E-state index contributed by atoms with van der Waals surface area (Å²) in [5.41, 5.74) is 2.19. The highest BCUT2D eigenvalue weighted by atomic mass is 35.5. The summed E-state index contributed by atoms with van der Waals surface area (Å²) < 4.78 is 0. The summed E-state index contributed by atoms with van der Waals surface area (Å²) in [5, 5.41) is 4.30. The second-order valence-electron chi connectivity index (χ2n) is 4.98. The highest BCUT2D eigenvalue weighted by Crippen LogP contribution is 2.32. The Balaban J connectivity index is 2.27. The topological polar surface area (TPSA) is 28.2 Å². The Morgan fingerprint density at radius 3 is 2.68 bits per heavy atom. The fourth-order valence-corrected chi connectivity index (χ4v) is 2.90. The fraction of sp³-hybridized carbons (Fsp3) is 0.500. The Labute approximate surface area is 124 Å². The van der Waals surface area contributed by atoms with Crippen LogP contribution < -0.4 is 5.32 Å². The second kappa shape index (κ2) is 6.71. The molecule has 2 heterocycles. The van der Waals surface area contributed by atoms with E-state index in [1.807, 2.05) is 13.0 Å². The zero-order chi connectivity index (χ0) is 13.8. The lowest BCUT2D eigenvalue weighted by Crippen LogP contribution is -2.45. The molecule has 2 rings (SSSR count). The molecule has 104 valence electrons. The largest absolute Gasteiger partial charge is 0.314 e. The van der Waals surface area contributed by atoms with Gasteiger partial charge in [-0.3, -0.25) is 4.90 Å². The molecule has 19 heavy (non-hydrogen) atoms. The van der Waals surface area contributed by atoms with Gasteiger partial charge < -0.3 is 5.32 Å². The maximum absolute atomic E-state index is 6.26. The van der Waals surface area contributed by atoms with Gasteiger partial charge in [0.25, 0.3) is 0 Å². The molecule has 0 unspecified atom stereocenters. The quantitative estimate of drug-likeness (QED) is 0.683. The molecule has 5 heteroatoms. The van der Waals surface area contributed by atoms with Crippen LogP contribution in [-0.4, -0.2) is 36.1 Å². The molecule has 1 aromatic heterocycles. The molecule has 0 aromatic carbocycles. The van der Waals surface area contributed by atoms with Crippen molar-refractivity contribution in [3.8, 4) is 0 Å². The first-order valence-corrected chi connectivity index (χ1v) is 7.24. The van der Waals surface area contributed by atoms with Crippen molar-refractivity contribution in [2.24, 2.45) is 0 Å². The van der Waals surface area contributed by atoms with Gasteiger partial charge in [0.05, 0.1) is 0 Å². The molecule has 3 nitrogen and oxygen atoms in total. The van der Waals surface area contributed by atoms with Gasteiger partial charge in [-0.05, 0) is 19.4 Å². The third-order valence-corrected chi connectivity index (χ3v) is 3.85. The molecule has 0 radical (unpaired) electrons. The molecule has 1 aromatic rings. The minimum Gasteiger partial charge on any atom is -0.314 e. The maximum atomic E-state index is 6.26. The molecule has 1 N–H and O–H groups in total. The van der Waals surface area contributed by atoms with Crippen LogP contribution in [0.2, 0.25) is 10.3 Å². The number of piperazine rings is 1. The van der Waals surface area contributed by atoms with Gasteiger partial charge in [-0.2, -0.15) is 0 Å². The van der Waals surface area contributed by atoms with E-state index in [0.29, 0.717) is 10.3 Å². The first kappa shape index (κ1) is 14.8.